The number of carbonyl (C=O) groups excluding carboxylic acids is 1. The van der Waals surface area contributed by atoms with Crippen LogP contribution in [0.25, 0.3) is 0 Å². The number of carboxylic acid groups (broad SMARTS) is 2. The van der Waals surface area contributed by atoms with E-state index in [1.807, 2.05) is 0 Å². The van der Waals surface area contributed by atoms with Gasteiger partial charge in [0.05, 0.1) is 0 Å². The molecule has 0 heterocycles. The Kier molecular flexibility index (Phi) is 9.94. The SMILES string of the molecule is O=C(O)/C=C\C(=O)O.O=[C]=[Fe]. The molecule has 0 saturated carbocycles. The van der Waals surface area contributed by atoms with Crippen molar-refractivity contribution in [3.63, 3.8) is 0 Å². The molecule has 0 saturated heterocycles. The van der Waals surface area contributed by atoms with E-state index < -0.39 is 11.9 Å². The summed E-state index contributed by atoms with van der Waals surface area (Å²) in [4.78, 5) is 28.9. The van der Waals surface area contributed by atoms with Crippen LogP contribution in [0.3, 0.4) is 0 Å². The van der Waals surface area contributed by atoms with E-state index in [4.69, 9.17) is 15.0 Å². The average molecular weight is 200 g/mol. The zero-order chi connectivity index (χ0) is 9.28. The Bertz CT molecular complexity index is 185. The van der Waals surface area contributed by atoms with E-state index in [1.165, 1.54) is 4.79 Å². The van der Waals surface area contributed by atoms with E-state index in [0.717, 1.165) is 0 Å². The Morgan fingerprint density at radius 3 is 1.45 bits per heavy atom. The summed E-state index contributed by atoms with van der Waals surface area (Å²) in [6.45, 7) is 0. The fraction of sp³-hybridized carbons (Fsp3) is 0. The first-order chi connectivity index (χ1) is 5.04. The molecule has 0 aromatic heterocycles. The average Bonchev–Trinajstić information content (AvgIpc) is 1.85. The second-order valence-electron chi connectivity index (χ2n) is 1.08. The van der Waals surface area contributed by atoms with E-state index in [0.29, 0.717) is 12.2 Å². The molecule has 0 aromatic carbocycles. The van der Waals surface area contributed by atoms with Crippen LogP contribution in [0.5, 0.6) is 0 Å². The van der Waals surface area contributed by atoms with Crippen molar-refractivity contribution in [3.8, 4) is 0 Å². The van der Waals surface area contributed by atoms with Crippen LogP contribution in [0.2, 0.25) is 0 Å². The van der Waals surface area contributed by atoms with Crippen molar-refractivity contribution in [1.82, 2.24) is 0 Å². The Morgan fingerprint density at radius 2 is 1.36 bits per heavy atom. The van der Waals surface area contributed by atoms with E-state index in [9.17, 15) is 9.59 Å². The molecule has 0 fully saturated rings. The van der Waals surface area contributed by atoms with Gasteiger partial charge in [-0.3, -0.25) is 0 Å². The number of aliphatic carboxylic acids is 2. The molecule has 0 aromatic rings. The minimum atomic E-state index is -1.26. The molecule has 0 spiro atoms. The van der Waals surface area contributed by atoms with Gasteiger partial charge < -0.3 is 10.2 Å². The molecule has 0 aliphatic rings. The van der Waals surface area contributed by atoms with E-state index in [-0.39, 0.29) is 0 Å². The molecule has 0 radical (unpaired) electrons. The quantitative estimate of drug-likeness (QED) is 0.454. The molecular weight excluding hydrogens is 196 g/mol. The third-order valence-electron chi connectivity index (χ3n) is 0.368. The molecule has 0 aliphatic carbocycles. The summed E-state index contributed by atoms with van der Waals surface area (Å²) in [5, 5.41) is 15.6. The molecule has 0 amide bonds. The van der Waals surface area contributed by atoms with Crippen LogP contribution in [0.15, 0.2) is 12.2 Å². The van der Waals surface area contributed by atoms with Crippen molar-refractivity contribution in [1.29, 1.82) is 0 Å². The molecule has 0 aliphatic heterocycles. The summed E-state index contributed by atoms with van der Waals surface area (Å²) in [6, 6.07) is 0. The molecule has 0 unspecified atom stereocenters. The first-order valence-corrected chi connectivity index (χ1v) is 2.70. The van der Waals surface area contributed by atoms with Gasteiger partial charge in [0.15, 0.2) is 0 Å². The third kappa shape index (κ3) is 28.2. The first-order valence-electron chi connectivity index (χ1n) is 2.15. The monoisotopic (exact) mass is 200 g/mol. The van der Waals surface area contributed by atoms with Crippen LogP contribution in [0.4, 0.5) is 0 Å². The third-order valence-corrected chi connectivity index (χ3v) is 0.368. The number of hydrogen-bond donors (Lipinski definition) is 2. The Balaban J connectivity index is 0. The molecule has 5 nitrogen and oxygen atoms in total. The number of carbonyl (C=O) groups is 2. The summed E-state index contributed by atoms with van der Waals surface area (Å²) in [7, 11) is 0. The van der Waals surface area contributed by atoms with Gasteiger partial charge in [-0.2, -0.15) is 0 Å². The molecule has 6 heteroatoms. The van der Waals surface area contributed by atoms with Gasteiger partial charge in [0.25, 0.3) is 0 Å². The standard InChI is InChI=1S/C4H4O4.CO.Fe/c5-3(6)1-2-4(7)8;1-2;/h1-2H,(H,5,6)(H,7,8);;/b2-1-;;. The minimum absolute atomic E-state index is 0.558. The zero-order valence-electron chi connectivity index (χ0n) is 5.13. The van der Waals surface area contributed by atoms with Gasteiger partial charge in [0, 0.05) is 12.2 Å². The van der Waals surface area contributed by atoms with E-state index >= 15 is 0 Å². The Labute approximate surface area is 69.7 Å². The molecule has 0 rings (SSSR count). The second-order valence-corrected chi connectivity index (χ2v) is 1.31. The van der Waals surface area contributed by atoms with Gasteiger partial charge in [0.1, 0.15) is 0 Å². The predicted molar refractivity (Wildman–Crippen MR) is 30.1 cm³/mol. The van der Waals surface area contributed by atoms with Crippen LogP contribution in [-0.4, -0.2) is 26.9 Å². The maximum absolute atomic E-state index is 9.55. The fourth-order valence-electron chi connectivity index (χ4n) is 0.143. The van der Waals surface area contributed by atoms with Gasteiger partial charge in [-0.15, -0.1) is 0 Å². The van der Waals surface area contributed by atoms with Crippen LogP contribution in [-0.2, 0) is 30.0 Å². The summed E-state index contributed by atoms with van der Waals surface area (Å²) in [5.74, 6) is -2.51. The van der Waals surface area contributed by atoms with E-state index in [1.54, 1.807) is 0 Å². The summed E-state index contributed by atoms with van der Waals surface area (Å²) >= 11 is 2.68. The van der Waals surface area contributed by atoms with E-state index in [2.05, 4.69) is 15.6 Å². The molecular formula is C5H4FeO5. The van der Waals surface area contributed by atoms with Crippen LogP contribution in [0, 0.1) is 0 Å². The van der Waals surface area contributed by atoms with Gasteiger partial charge in [-0.05, 0) is 0 Å². The van der Waals surface area contributed by atoms with Crippen molar-refractivity contribution < 1.29 is 40.2 Å². The summed E-state index contributed by atoms with van der Waals surface area (Å²) < 4.78 is 0. The molecule has 0 bridgehead atoms. The van der Waals surface area contributed by atoms with Crippen molar-refractivity contribution in [2.45, 2.75) is 0 Å². The predicted octanol–water partition coefficient (Wildman–Crippen LogP) is -0.688. The number of hydrogen-bond acceptors (Lipinski definition) is 3. The number of carboxylic acids is 2. The molecule has 11 heavy (non-hydrogen) atoms. The topological polar surface area (TPSA) is 91.7 Å². The molecule has 62 valence electrons. The fourth-order valence-corrected chi connectivity index (χ4v) is 0.143. The Hall–Kier alpha value is -1.22. The van der Waals surface area contributed by atoms with Gasteiger partial charge in [-0.1, -0.05) is 0 Å². The van der Waals surface area contributed by atoms with Gasteiger partial charge in [-0.25, -0.2) is 9.59 Å². The second kappa shape index (κ2) is 8.78. The van der Waals surface area contributed by atoms with Crippen molar-refractivity contribution in [2.75, 3.05) is 0 Å². The zero-order valence-corrected chi connectivity index (χ0v) is 6.23. The van der Waals surface area contributed by atoms with Crippen molar-refractivity contribution in [3.05, 3.63) is 12.2 Å². The number of rotatable bonds is 2. The van der Waals surface area contributed by atoms with Crippen molar-refractivity contribution >= 4 is 16.7 Å². The summed E-state index contributed by atoms with van der Waals surface area (Å²) in [6.07, 6.45) is 1.12. The van der Waals surface area contributed by atoms with Crippen LogP contribution < -0.4 is 0 Å². The summed E-state index contributed by atoms with van der Waals surface area (Å²) in [5.41, 5.74) is 0. The molecule has 2 N–H and O–H groups in total. The van der Waals surface area contributed by atoms with Crippen LogP contribution in [0.1, 0.15) is 0 Å². The maximum atomic E-state index is 9.55. The van der Waals surface area contributed by atoms with Gasteiger partial charge >= 0.3 is 37.1 Å². The first kappa shape index (κ1) is 12.5. The van der Waals surface area contributed by atoms with Crippen LogP contribution >= 0.6 is 0 Å². The Morgan fingerprint density at radius 1 is 1.18 bits per heavy atom. The molecule has 0 atom stereocenters. The van der Waals surface area contributed by atoms with Crippen molar-refractivity contribution in [2.24, 2.45) is 0 Å². The van der Waals surface area contributed by atoms with Gasteiger partial charge in [0.2, 0.25) is 0 Å². The normalized spacial score (nSPS) is 7.73.